The normalized spacial score (nSPS) is 18.6. The summed E-state index contributed by atoms with van der Waals surface area (Å²) in [6, 6.07) is 0. The second kappa shape index (κ2) is 4.85. The summed E-state index contributed by atoms with van der Waals surface area (Å²) in [7, 11) is 1.76. The summed E-state index contributed by atoms with van der Waals surface area (Å²) in [5, 5.41) is 4.31. The molecular formula is C13H22N4O2. The average molecular weight is 266 g/mol. The maximum atomic E-state index is 12.7. The van der Waals surface area contributed by atoms with Crippen molar-refractivity contribution in [3.8, 4) is 0 Å². The van der Waals surface area contributed by atoms with E-state index in [2.05, 4.69) is 5.10 Å². The highest BCUT2D eigenvalue weighted by atomic mass is 16.5. The number of nitrogens with zero attached hydrogens (tertiary/aromatic N) is 3. The lowest BCUT2D eigenvalue weighted by Gasteiger charge is -2.42. The first kappa shape index (κ1) is 13.9. The van der Waals surface area contributed by atoms with E-state index in [0.29, 0.717) is 31.1 Å². The Hall–Kier alpha value is -1.56. The molecule has 0 radical (unpaired) electrons. The van der Waals surface area contributed by atoms with Crippen molar-refractivity contribution in [2.75, 3.05) is 25.5 Å². The number of morpholine rings is 1. The van der Waals surface area contributed by atoms with Gasteiger partial charge in [0.15, 0.2) is 0 Å². The number of hydrogen-bond donors (Lipinski definition) is 1. The standard InChI is InChI=1S/C13H22N4O2/c1-5-9-10(14)11(16(4)15-9)12(18)17-6-7-19-8-13(17,2)3/h5-8,14H2,1-4H3. The molecule has 1 aliphatic rings. The van der Waals surface area contributed by atoms with Gasteiger partial charge in [-0.05, 0) is 20.3 Å². The number of ether oxygens (including phenoxy) is 1. The van der Waals surface area contributed by atoms with Gasteiger partial charge in [-0.25, -0.2) is 0 Å². The van der Waals surface area contributed by atoms with E-state index in [1.165, 1.54) is 0 Å². The second-order valence-electron chi connectivity index (χ2n) is 5.51. The van der Waals surface area contributed by atoms with Crippen LogP contribution in [0.3, 0.4) is 0 Å². The summed E-state index contributed by atoms with van der Waals surface area (Å²) in [6.45, 7) is 7.66. The van der Waals surface area contributed by atoms with E-state index in [4.69, 9.17) is 10.5 Å². The van der Waals surface area contributed by atoms with E-state index in [1.807, 2.05) is 25.7 Å². The predicted molar refractivity (Wildman–Crippen MR) is 72.9 cm³/mol. The summed E-state index contributed by atoms with van der Waals surface area (Å²) < 4.78 is 7.03. The van der Waals surface area contributed by atoms with E-state index in [1.54, 1.807) is 11.7 Å². The summed E-state index contributed by atoms with van der Waals surface area (Å²) in [5.74, 6) is -0.0690. The Morgan fingerprint density at radius 1 is 1.53 bits per heavy atom. The maximum absolute atomic E-state index is 12.7. The van der Waals surface area contributed by atoms with Gasteiger partial charge in [0.05, 0.1) is 30.1 Å². The summed E-state index contributed by atoms with van der Waals surface area (Å²) in [6.07, 6.45) is 0.722. The highest BCUT2D eigenvalue weighted by Crippen LogP contribution is 2.25. The van der Waals surface area contributed by atoms with Crippen molar-refractivity contribution >= 4 is 11.6 Å². The number of hydrogen-bond acceptors (Lipinski definition) is 4. The first-order valence-electron chi connectivity index (χ1n) is 6.59. The summed E-state index contributed by atoms with van der Waals surface area (Å²) in [4.78, 5) is 14.5. The highest BCUT2D eigenvalue weighted by Gasteiger charge is 2.36. The molecule has 19 heavy (non-hydrogen) atoms. The van der Waals surface area contributed by atoms with Gasteiger partial charge >= 0.3 is 0 Å². The average Bonchev–Trinajstić information content (AvgIpc) is 2.63. The van der Waals surface area contributed by atoms with E-state index in [9.17, 15) is 4.79 Å². The van der Waals surface area contributed by atoms with Crippen molar-refractivity contribution < 1.29 is 9.53 Å². The minimum Gasteiger partial charge on any atom is -0.395 e. The van der Waals surface area contributed by atoms with Gasteiger partial charge in [-0.1, -0.05) is 6.92 Å². The lowest BCUT2D eigenvalue weighted by molar-refractivity contribution is -0.0374. The van der Waals surface area contributed by atoms with Crippen molar-refractivity contribution in [2.45, 2.75) is 32.7 Å². The first-order chi connectivity index (χ1) is 8.88. The van der Waals surface area contributed by atoms with Crippen LogP contribution < -0.4 is 5.73 Å². The fourth-order valence-electron chi connectivity index (χ4n) is 2.47. The predicted octanol–water partition coefficient (Wildman–Crippen LogP) is 0.816. The van der Waals surface area contributed by atoms with Crippen LogP contribution in [0, 0.1) is 0 Å². The Balaban J connectivity index is 2.36. The zero-order chi connectivity index (χ0) is 14.2. The van der Waals surface area contributed by atoms with Crippen LogP contribution >= 0.6 is 0 Å². The molecule has 1 aromatic heterocycles. The van der Waals surface area contributed by atoms with Gasteiger partial charge in [0.2, 0.25) is 0 Å². The van der Waals surface area contributed by atoms with Gasteiger partial charge in [-0.15, -0.1) is 0 Å². The topological polar surface area (TPSA) is 73.4 Å². The van der Waals surface area contributed by atoms with E-state index >= 15 is 0 Å². The number of rotatable bonds is 2. The SMILES string of the molecule is CCc1nn(C)c(C(=O)N2CCOCC2(C)C)c1N. The third-order valence-electron chi connectivity index (χ3n) is 3.59. The minimum absolute atomic E-state index is 0.0690. The molecule has 0 aromatic carbocycles. The molecule has 1 aromatic rings. The molecule has 0 spiro atoms. The van der Waals surface area contributed by atoms with Crippen LogP contribution in [0.25, 0.3) is 0 Å². The molecule has 0 atom stereocenters. The van der Waals surface area contributed by atoms with Crippen molar-refractivity contribution in [3.63, 3.8) is 0 Å². The molecular weight excluding hydrogens is 244 g/mol. The van der Waals surface area contributed by atoms with Crippen LogP contribution in [-0.4, -0.2) is 45.9 Å². The fraction of sp³-hybridized carbons (Fsp3) is 0.692. The number of aryl methyl sites for hydroxylation is 2. The van der Waals surface area contributed by atoms with Crippen molar-refractivity contribution in [1.29, 1.82) is 0 Å². The van der Waals surface area contributed by atoms with Crippen LogP contribution in [0.4, 0.5) is 5.69 Å². The molecule has 0 aliphatic carbocycles. The third-order valence-corrected chi connectivity index (χ3v) is 3.59. The van der Waals surface area contributed by atoms with Crippen molar-refractivity contribution in [1.82, 2.24) is 14.7 Å². The molecule has 106 valence electrons. The monoisotopic (exact) mass is 266 g/mol. The molecule has 1 saturated heterocycles. The quantitative estimate of drug-likeness (QED) is 0.860. The largest absolute Gasteiger partial charge is 0.395 e. The molecule has 2 rings (SSSR count). The maximum Gasteiger partial charge on any atom is 0.274 e. The molecule has 0 bridgehead atoms. The zero-order valence-electron chi connectivity index (χ0n) is 12.1. The van der Waals surface area contributed by atoms with Crippen LogP contribution in [0.2, 0.25) is 0 Å². The summed E-state index contributed by atoms with van der Waals surface area (Å²) >= 11 is 0. The lowest BCUT2D eigenvalue weighted by atomic mass is 10.0. The number of aromatic nitrogens is 2. The van der Waals surface area contributed by atoms with E-state index < -0.39 is 0 Å². The first-order valence-corrected chi connectivity index (χ1v) is 6.59. The minimum atomic E-state index is -0.321. The number of carbonyl (C=O) groups is 1. The van der Waals surface area contributed by atoms with Gasteiger partial charge in [0.1, 0.15) is 5.69 Å². The Bertz CT molecular complexity index is 493. The van der Waals surface area contributed by atoms with Crippen molar-refractivity contribution in [2.24, 2.45) is 7.05 Å². The lowest BCUT2D eigenvalue weighted by Crippen LogP contribution is -2.55. The highest BCUT2D eigenvalue weighted by molar-refractivity contribution is 5.98. The van der Waals surface area contributed by atoms with Gasteiger partial charge in [0, 0.05) is 13.6 Å². The van der Waals surface area contributed by atoms with Gasteiger partial charge in [-0.3, -0.25) is 9.48 Å². The third kappa shape index (κ3) is 2.32. The zero-order valence-corrected chi connectivity index (χ0v) is 12.1. The number of carbonyl (C=O) groups excluding carboxylic acids is 1. The van der Waals surface area contributed by atoms with Gasteiger partial charge in [0.25, 0.3) is 5.91 Å². The molecule has 1 fully saturated rings. The van der Waals surface area contributed by atoms with Gasteiger partial charge in [-0.2, -0.15) is 5.10 Å². The summed E-state index contributed by atoms with van der Waals surface area (Å²) in [5.41, 5.74) is 7.48. The van der Waals surface area contributed by atoms with Crippen LogP contribution in [0.1, 0.15) is 37.0 Å². The van der Waals surface area contributed by atoms with Crippen LogP contribution in [0.5, 0.6) is 0 Å². The van der Waals surface area contributed by atoms with E-state index in [-0.39, 0.29) is 11.4 Å². The number of amides is 1. The molecule has 2 N–H and O–H groups in total. The smallest absolute Gasteiger partial charge is 0.274 e. The molecule has 6 heteroatoms. The molecule has 0 saturated carbocycles. The second-order valence-corrected chi connectivity index (χ2v) is 5.51. The molecule has 2 heterocycles. The number of anilines is 1. The van der Waals surface area contributed by atoms with Crippen molar-refractivity contribution in [3.05, 3.63) is 11.4 Å². The molecule has 1 aliphatic heterocycles. The molecule has 1 amide bonds. The van der Waals surface area contributed by atoms with Gasteiger partial charge < -0.3 is 15.4 Å². The molecule has 0 unspecified atom stereocenters. The number of nitrogen functional groups attached to an aromatic ring is 1. The van der Waals surface area contributed by atoms with Crippen LogP contribution in [0.15, 0.2) is 0 Å². The Kier molecular flexibility index (Phi) is 3.54. The number of nitrogens with two attached hydrogens (primary N) is 1. The Morgan fingerprint density at radius 2 is 2.21 bits per heavy atom. The fourth-order valence-corrected chi connectivity index (χ4v) is 2.47. The Labute approximate surface area is 113 Å². The van der Waals surface area contributed by atoms with E-state index in [0.717, 1.165) is 12.1 Å². The van der Waals surface area contributed by atoms with Crippen LogP contribution in [-0.2, 0) is 18.2 Å². The molecule has 6 nitrogen and oxygen atoms in total. The Morgan fingerprint density at radius 3 is 2.74 bits per heavy atom.